The Kier molecular flexibility index (Phi) is 2.40. The van der Waals surface area contributed by atoms with Gasteiger partial charge in [-0.25, -0.2) is 0 Å². The summed E-state index contributed by atoms with van der Waals surface area (Å²) < 4.78 is 0. The summed E-state index contributed by atoms with van der Waals surface area (Å²) in [6.45, 7) is 3.98. The number of nitrogens with zero attached hydrogens (tertiary/aromatic N) is 2. The molecule has 4 heterocycles. The minimum Gasteiger partial charge on any atom is -0.303 e. The fourth-order valence-electron chi connectivity index (χ4n) is 3.74. The molecular formula is C15H19N3. The first-order chi connectivity index (χ1) is 8.88. The summed E-state index contributed by atoms with van der Waals surface area (Å²) in [6, 6.07) is 6.73. The Morgan fingerprint density at radius 1 is 1.28 bits per heavy atom. The molecule has 1 aromatic heterocycles. The van der Waals surface area contributed by atoms with Gasteiger partial charge in [0.25, 0.3) is 0 Å². The van der Waals surface area contributed by atoms with Crippen molar-refractivity contribution in [1.29, 1.82) is 0 Å². The van der Waals surface area contributed by atoms with Gasteiger partial charge in [-0.2, -0.15) is 5.10 Å². The predicted molar refractivity (Wildman–Crippen MR) is 72.5 cm³/mol. The van der Waals surface area contributed by atoms with Crippen molar-refractivity contribution in [3.05, 3.63) is 30.0 Å². The zero-order valence-corrected chi connectivity index (χ0v) is 10.6. The number of nitrogens with one attached hydrogen (secondary N) is 1. The second-order valence-corrected chi connectivity index (χ2v) is 5.89. The van der Waals surface area contributed by atoms with Crippen molar-refractivity contribution < 1.29 is 0 Å². The van der Waals surface area contributed by atoms with Gasteiger partial charge in [0.2, 0.25) is 0 Å². The first kappa shape index (κ1) is 10.6. The third kappa shape index (κ3) is 1.74. The Hall–Kier alpha value is -1.35. The van der Waals surface area contributed by atoms with Crippen LogP contribution in [0.15, 0.2) is 24.4 Å². The van der Waals surface area contributed by atoms with Gasteiger partial charge in [0.05, 0.1) is 11.7 Å². The lowest BCUT2D eigenvalue weighted by atomic mass is 9.76. The molecule has 0 saturated carbocycles. The Morgan fingerprint density at radius 2 is 2.17 bits per heavy atom. The van der Waals surface area contributed by atoms with E-state index in [1.54, 1.807) is 0 Å². The maximum Gasteiger partial charge on any atom is 0.0650 e. The molecule has 3 fully saturated rings. The number of aromatic amines is 1. The fourth-order valence-corrected chi connectivity index (χ4v) is 3.74. The van der Waals surface area contributed by atoms with Crippen LogP contribution in [-0.4, -0.2) is 34.7 Å². The summed E-state index contributed by atoms with van der Waals surface area (Å²) >= 11 is 0. The van der Waals surface area contributed by atoms with E-state index in [-0.39, 0.29) is 0 Å². The van der Waals surface area contributed by atoms with Crippen LogP contribution in [0.5, 0.6) is 0 Å². The molecule has 0 radical (unpaired) electrons. The maximum atomic E-state index is 4.09. The van der Waals surface area contributed by atoms with E-state index < -0.39 is 0 Å². The van der Waals surface area contributed by atoms with Gasteiger partial charge in [-0.1, -0.05) is 6.07 Å². The van der Waals surface area contributed by atoms with Gasteiger partial charge < -0.3 is 4.90 Å². The average molecular weight is 241 g/mol. The number of aromatic nitrogens is 2. The SMILES string of the molecule is c1cc2[nH]ncc2cc1CC1CN2CCC1CC2. The summed E-state index contributed by atoms with van der Waals surface area (Å²) in [5, 5.41) is 8.36. The number of hydrogen-bond donors (Lipinski definition) is 1. The predicted octanol–water partition coefficient (Wildman–Crippen LogP) is 2.45. The molecule has 3 aliphatic heterocycles. The third-order valence-electron chi connectivity index (χ3n) is 4.79. The third-order valence-corrected chi connectivity index (χ3v) is 4.79. The van der Waals surface area contributed by atoms with Crippen LogP contribution in [0.4, 0.5) is 0 Å². The molecule has 3 saturated heterocycles. The van der Waals surface area contributed by atoms with Gasteiger partial charge in [-0.15, -0.1) is 0 Å². The van der Waals surface area contributed by atoms with Crippen molar-refractivity contribution in [2.75, 3.05) is 19.6 Å². The van der Waals surface area contributed by atoms with Crippen molar-refractivity contribution in [3.63, 3.8) is 0 Å². The minimum absolute atomic E-state index is 0.872. The molecular weight excluding hydrogens is 222 g/mol. The van der Waals surface area contributed by atoms with Gasteiger partial charge in [-0.3, -0.25) is 5.10 Å². The monoisotopic (exact) mass is 241 g/mol. The topological polar surface area (TPSA) is 31.9 Å². The highest BCUT2D eigenvalue weighted by Gasteiger charge is 2.33. The lowest BCUT2D eigenvalue weighted by Gasteiger charge is -2.45. The van der Waals surface area contributed by atoms with Crippen LogP contribution in [0.3, 0.4) is 0 Å². The number of rotatable bonds is 2. The zero-order valence-electron chi connectivity index (χ0n) is 10.6. The minimum atomic E-state index is 0.872. The van der Waals surface area contributed by atoms with Crippen molar-refractivity contribution >= 4 is 10.9 Å². The van der Waals surface area contributed by atoms with Crippen LogP contribution in [0.2, 0.25) is 0 Å². The van der Waals surface area contributed by atoms with Crippen LogP contribution in [-0.2, 0) is 6.42 Å². The van der Waals surface area contributed by atoms with Crippen molar-refractivity contribution in [1.82, 2.24) is 15.1 Å². The molecule has 1 aromatic carbocycles. The number of benzene rings is 1. The highest BCUT2D eigenvalue weighted by Crippen LogP contribution is 2.34. The van der Waals surface area contributed by atoms with Crippen molar-refractivity contribution in [2.45, 2.75) is 19.3 Å². The van der Waals surface area contributed by atoms with Crippen LogP contribution in [0.25, 0.3) is 10.9 Å². The summed E-state index contributed by atoms with van der Waals surface area (Å²) in [5.41, 5.74) is 2.62. The summed E-state index contributed by atoms with van der Waals surface area (Å²) in [6.07, 6.45) is 5.99. The Balaban J connectivity index is 1.56. The molecule has 2 bridgehead atoms. The second-order valence-electron chi connectivity index (χ2n) is 5.89. The summed E-state index contributed by atoms with van der Waals surface area (Å²) in [5.74, 6) is 1.84. The quantitative estimate of drug-likeness (QED) is 0.875. The van der Waals surface area contributed by atoms with Gasteiger partial charge in [0.1, 0.15) is 0 Å². The molecule has 1 atom stereocenters. The zero-order chi connectivity index (χ0) is 11.9. The summed E-state index contributed by atoms with van der Waals surface area (Å²) in [7, 11) is 0. The first-order valence-corrected chi connectivity index (χ1v) is 7.03. The van der Waals surface area contributed by atoms with Gasteiger partial charge >= 0.3 is 0 Å². The van der Waals surface area contributed by atoms with Crippen LogP contribution < -0.4 is 0 Å². The van der Waals surface area contributed by atoms with E-state index in [0.29, 0.717) is 0 Å². The molecule has 3 aliphatic rings. The van der Waals surface area contributed by atoms with E-state index in [9.17, 15) is 0 Å². The molecule has 0 aliphatic carbocycles. The highest BCUT2D eigenvalue weighted by atomic mass is 15.1. The normalized spacial score (nSPS) is 31.0. The average Bonchev–Trinajstić information content (AvgIpc) is 2.87. The molecule has 3 heteroatoms. The molecule has 0 spiro atoms. The number of H-pyrrole nitrogens is 1. The van der Waals surface area contributed by atoms with E-state index in [2.05, 4.69) is 33.3 Å². The van der Waals surface area contributed by atoms with Crippen LogP contribution in [0, 0.1) is 11.8 Å². The van der Waals surface area contributed by atoms with Crippen LogP contribution >= 0.6 is 0 Å². The van der Waals surface area contributed by atoms with E-state index in [1.165, 1.54) is 49.8 Å². The highest BCUT2D eigenvalue weighted by molar-refractivity contribution is 5.78. The van der Waals surface area contributed by atoms with Crippen molar-refractivity contribution in [3.8, 4) is 0 Å². The number of piperidine rings is 3. The van der Waals surface area contributed by atoms with Gasteiger partial charge in [0, 0.05) is 11.9 Å². The Labute approximate surface area is 107 Å². The number of hydrogen-bond acceptors (Lipinski definition) is 2. The van der Waals surface area contributed by atoms with E-state index in [0.717, 1.165) is 17.4 Å². The standard InChI is InChI=1S/C15H19N3/c1-2-15-13(9-16-17-15)7-11(1)8-14-10-18-5-3-12(14)4-6-18/h1-2,7,9,12,14H,3-6,8,10H2,(H,16,17). The van der Waals surface area contributed by atoms with Crippen molar-refractivity contribution in [2.24, 2.45) is 11.8 Å². The Morgan fingerprint density at radius 3 is 2.94 bits per heavy atom. The lowest BCUT2D eigenvalue weighted by Crippen LogP contribution is -2.48. The molecule has 5 rings (SSSR count). The molecule has 3 nitrogen and oxygen atoms in total. The van der Waals surface area contributed by atoms with Crippen LogP contribution in [0.1, 0.15) is 18.4 Å². The first-order valence-electron chi connectivity index (χ1n) is 7.03. The smallest absolute Gasteiger partial charge is 0.0650 e. The largest absolute Gasteiger partial charge is 0.303 e. The molecule has 2 aromatic rings. The van der Waals surface area contributed by atoms with E-state index in [4.69, 9.17) is 0 Å². The molecule has 1 N–H and O–H groups in total. The maximum absolute atomic E-state index is 4.09. The molecule has 0 amide bonds. The second kappa shape index (κ2) is 4.09. The van der Waals surface area contributed by atoms with Gasteiger partial charge in [0.15, 0.2) is 0 Å². The molecule has 1 unspecified atom stereocenters. The molecule has 94 valence electrons. The fraction of sp³-hybridized carbons (Fsp3) is 0.533. The Bertz CT molecular complexity index is 552. The van der Waals surface area contributed by atoms with E-state index in [1.807, 2.05) is 6.20 Å². The number of fused-ring (bicyclic) bond motifs is 4. The molecule has 18 heavy (non-hydrogen) atoms. The lowest BCUT2D eigenvalue weighted by molar-refractivity contribution is 0.0513. The summed E-state index contributed by atoms with van der Waals surface area (Å²) in [4.78, 5) is 2.64. The van der Waals surface area contributed by atoms with E-state index >= 15 is 0 Å². The van der Waals surface area contributed by atoms with Gasteiger partial charge in [-0.05, 0) is 61.9 Å².